The molecule has 2 unspecified atom stereocenters. The highest BCUT2D eigenvalue weighted by atomic mass is 15.2. The highest BCUT2D eigenvalue weighted by molar-refractivity contribution is 5.25. The van der Waals surface area contributed by atoms with Crippen LogP contribution in [0.2, 0.25) is 0 Å². The maximum atomic E-state index is 3.66. The number of nitrogens with zero attached hydrogens (tertiary/aromatic N) is 1. The highest BCUT2D eigenvalue weighted by Crippen LogP contribution is 2.24. The van der Waals surface area contributed by atoms with E-state index in [2.05, 4.69) is 55.3 Å². The van der Waals surface area contributed by atoms with Gasteiger partial charge in [-0.3, -0.25) is 0 Å². The Balaban J connectivity index is 1.96. The summed E-state index contributed by atoms with van der Waals surface area (Å²) in [5, 5.41) is 3.66. The number of likely N-dealkylation sites (tertiary alicyclic amines) is 1. The lowest BCUT2D eigenvalue weighted by Crippen LogP contribution is -2.34. The van der Waals surface area contributed by atoms with Crippen LogP contribution < -0.4 is 5.32 Å². The van der Waals surface area contributed by atoms with E-state index in [1.807, 2.05) is 0 Å². The van der Waals surface area contributed by atoms with Gasteiger partial charge in [0.05, 0.1) is 0 Å². The summed E-state index contributed by atoms with van der Waals surface area (Å²) >= 11 is 0. The van der Waals surface area contributed by atoms with Gasteiger partial charge < -0.3 is 10.2 Å². The SMILES string of the molecule is CCCC1CCN(CC(NCC)c2cccc(C)c2)C1. The van der Waals surface area contributed by atoms with E-state index in [1.165, 1.54) is 43.5 Å². The maximum absolute atomic E-state index is 3.66. The molecule has 1 N–H and O–H groups in total. The molecule has 1 saturated heterocycles. The van der Waals surface area contributed by atoms with Gasteiger partial charge >= 0.3 is 0 Å². The monoisotopic (exact) mass is 274 g/mol. The van der Waals surface area contributed by atoms with Gasteiger partial charge in [0, 0.05) is 19.1 Å². The van der Waals surface area contributed by atoms with Crippen LogP contribution in [0.25, 0.3) is 0 Å². The highest BCUT2D eigenvalue weighted by Gasteiger charge is 2.24. The van der Waals surface area contributed by atoms with Crippen LogP contribution in [-0.4, -0.2) is 31.1 Å². The topological polar surface area (TPSA) is 15.3 Å². The molecular weight excluding hydrogens is 244 g/mol. The lowest BCUT2D eigenvalue weighted by Gasteiger charge is -2.25. The maximum Gasteiger partial charge on any atom is 0.0449 e. The molecule has 2 nitrogen and oxygen atoms in total. The number of aryl methyl sites for hydroxylation is 1. The van der Waals surface area contributed by atoms with E-state index >= 15 is 0 Å². The Morgan fingerprint density at radius 1 is 1.35 bits per heavy atom. The van der Waals surface area contributed by atoms with Crippen LogP contribution in [0.5, 0.6) is 0 Å². The van der Waals surface area contributed by atoms with E-state index in [4.69, 9.17) is 0 Å². The van der Waals surface area contributed by atoms with Crippen LogP contribution in [0.3, 0.4) is 0 Å². The van der Waals surface area contributed by atoms with E-state index < -0.39 is 0 Å². The number of likely N-dealkylation sites (N-methyl/N-ethyl adjacent to an activating group) is 1. The van der Waals surface area contributed by atoms with Gasteiger partial charge in [0.2, 0.25) is 0 Å². The third-order valence-electron chi connectivity index (χ3n) is 4.40. The van der Waals surface area contributed by atoms with Crippen LogP contribution in [0, 0.1) is 12.8 Å². The molecule has 0 aliphatic carbocycles. The summed E-state index contributed by atoms with van der Waals surface area (Å²) in [6, 6.07) is 9.42. The molecule has 1 aromatic rings. The number of hydrogen-bond acceptors (Lipinski definition) is 2. The summed E-state index contributed by atoms with van der Waals surface area (Å²) in [6.45, 7) is 11.4. The third kappa shape index (κ3) is 4.32. The van der Waals surface area contributed by atoms with Crippen molar-refractivity contribution in [2.75, 3.05) is 26.2 Å². The van der Waals surface area contributed by atoms with Gasteiger partial charge in [-0.15, -0.1) is 0 Å². The lowest BCUT2D eigenvalue weighted by molar-refractivity contribution is 0.281. The number of benzene rings is 1. The van der Waals surface area contributed by atoms with Crippen LogP contribution >= 0.6 is 0 Å². The van der Waals surface area contributed by atoms with E-state index in [1.54, 1.807) is 0 Å². The molecule has 0 radical (unpaired) electrons. The van der Waals surface area contributed by atoms with E-state index in [0.717, 1.165) is 19.0 Å². The Kier molecular flexibility index (Phi) is 6.06. The van der Waals surface area contributed by atoms with Crippen LogP contribution in [0.1, 0.15) is 50.3 Å². The van der Waals surface area contributed by atoms with Gasteiger partial charge in [0.25, 0.3) is 0 Å². The first-order valence-corrected chi connectivity index (χ1v) is 8.25. The van der Waals surface area contributed by atoms with Crippen molar-refractivity contribution in [2.24, 2.45) is 5.92 Å². The molecule has 20 heavy (non-hydrogen) atoms. The minimum atomic E-state index is 0.472. The minimum absolute atomic E-state index is 0.472. The fourth-order valence-corrected chi connectivity index (χ4v) is 3.40. The molecule has 0 aromatic heterocycles. The fraction of sp³-hybridized carbons (Fsp3) is 0.667. The Morgan fingerprint density at radius 3 is 2.90 bits per heavy atom. The van der Waals surface area contributed by atoms with Crippen LogP contribution in [0.4, 0.5) is 0 Å². The summed E-state index contributed by atoms with van der Waals surface area (Å²) in [5.41, 5.74) is 2.79. The molecule has 0 amide bonds. The summed E-state index contributed by atoms with van der Waals surface area (Å²) in [5.74, 6) is 0.930. The third-order valence-corrected chi connectivity index (χ3v) is 4.40. The lowest BCUT2D eigenvalue weighted by atomic mass is 10.0. The average molecular weight is 274 g/mol. The Hall–Kier alpha value is -0.860. The van der Waals surface area contributed by atoms with Gasteiger partial charge in [0.1, 0.15) is 0 Å². The van der Waals surface area contributed by atoms with Crippen LogP contribution in [-0.2, 0) is 0 Å². The standard InChI is InChI=1S/C18H30N2/c1-4-7-16-10-11-20(13-16)14-18(19-5-2)17-9-6-8-15(3)12-17/h6,8-9,12,16,18-19H,4-5,7,10-11,13-14H2,1-3H3. The second-order valence-electron chi connectivity index (χ2n) is 6.23. The van der Waals surface area contributed by atoms with Crippen molar-refractivity contribution in [1.82, 2.24) is 10.2 Å². The second-order valence-corrected chi connectivity index (χ2v) is 6.23. The summed E-state index contributed by atoms with van der Waals surface area (Å²) < 4.78 is 0. The zero-order valence-corrected chi connectivity index (χ0v) is 13.4. The first-order valence-electron chi connectivity index (χ1n) is 8.25. The zero-order chi connectivity index (χ0) is 14.4. The molecule has 0 saturated carbocycles. The molecule has 1 heterocycles. The summed E-state index contributed by atoms with van der Waals surface area (Å²) in [6.07, 6.45) is 4.11. The predicted octanol–water partition coefficient (Wildman–Crippen LogP) is 3.77. The minimum Gasteiger partial charge on any atom is -0.309 e. The average Bonchev–Trinajstić information content (AvgIpc) is 2.86. The fourth-order valence-electron chi connectivity index (χ4n) is 3.40. The van der Waals surface area contributed by atoms with Crippen molar-refractivity contribution in [3.63, 3.8) is 0 Å². The molecule has 2 heteroatoms. The zero-order valence-electron chi connectivity index (χ0n) is 13.4. The van der Waals surface area contributed by atoms with E-state index in [-0.39, 0.29) is 0 Å². The van der Waals surface area contributed by atoms with E-state index in [0.29, 0.717) is 6.04 Å². The van der Waals surface area contributed by atoms with Crippen molar-refractivity contribution >= 4 is 0 Å². The van der Waals surface area contributed by atoms with Crippen LogP contribution in [0.15, 0.2) is 24.3 Å². The van der Waals surface area contributed by atoms with E-state index in [9.17, 15) is 0 Å². The summed E-state index contributed by atoms with van der Waals surface area (Å²) in [4.78, 5) is 2.65. The van der Waals surface area contributed by atoms with Crippen molar-refractivity contribution < 1.29 is 0 Å². The Bertz CT molecular complexity index is 402. The Labute approximate surface area is 124 Å². The number of nitrogens with one attached hydrogen (secondary N) is 1. The smallest absolute Gasteiger partial charge is 0.0449 e. The molecule has 1 fully saturated rings. The van der Waals surface area contributed by atoms with Gasteiger partial charge in [-0.2, -0.15) is 0 Å². The van der Waals surface area contributed by atoms with Gasteiger partial charge in [-0.05, 0) is 44.3 Å². The van der Waals surface area contributed by atoms with Gasteiger partial charge in [-0.25, -0.2) is 0 Å². The molecule has 112 valence electrons. The molecule has 1 aliphatic rings. The quantitative estimate of drug-likeness (QED) is 0.814. The van der Waals surface area contributed by atoms with Crippen molar-refractivity contribution in [3.05, 3.63) is 35.4 Å². The molecule has 2 rings (SSSR count). The van der Waals surface area contributed by atoms with Crippen molar-refractivity contribution in [1.29, 1.82) is 0 Å². The summed E-state index contributed by atoms with van der Waals surface area (Å²) in [7, 11) is 0. The second kappa shape index (κ2) is 7.80. The number of rotatable bonds is 7. The van der Waals surface area contributed by atoms with Gasteiger partial charge in [0.15, 0.2) is 0 Å². The number of hydrogen-bond donors (Lipinski definition) is 1. The first-order chi connectivity index (χ1) is 9.72. The first kappa shape index (κ1) is 15.5. The van der Waals surface area contributed by atoms with Crippen molar-refractivity contribution in [2.45, 2.75) is 46.1 Å². The largest absolute Gasteiger partial charge is 0.309 e. The molecule has 0 bridgehead atoms. The Morgan fingerprint density at radius 2 is 2.20 bits per heavy atom. The predicted molar refractivity (Wildman–Crippen MR) is 87.1 cm³/mol. The molecule has 1 aliphatic heterocycles. The normalized spacial score (nSPS) is 21.2. The van der Waals surface area contributed by atoms with Gasteiger partial charge in [-0.1, -0.05) is 50.1 Å². The molecule has 0 spiro atoms. The molecule has 1 aromatic carbocycles. The molecule has 2 atom stereocenters. The van der Waals surface area contributed by atoms with Crippen molar-refractivity contribution in [3.8, 4) is 0 Å². The molecular formula is C18H30N2.